The molecule has 0 aliphatic heterocycles. The molecule has 0 atom stereocenters. The molecular formula is C15H12N3O+. The maximum atomic E-state index is 9.04. The van der Waals surface area contributed by atoms with Gasteiger partial charge < -0.3 is 4.74 Å². The largest absolute Gasteiger partial charge is 0.495 e. The van der Waals surface area contributed by atoms with Gasteiger partial charge in [0.1, 0.15) is 11.8 Å². The Morgan fingerprint density at radius 1 is 1.11 bits per heavy atom. The van der Waals surface area contributed by atoms with Gasteiger partial charge in [0.05, 0.1) is 24.3 Å². The summed E-state index contributed by atoms with van der Waals surface area (Å²) in [7, 11) is 1.55. The highest BCUT2D eigenvalue weighted by molar-refractivity contribution is 5.45. The lowest BCUT2D eigenvalue weighted by atomic mass is 10.1. The van der Waals surface area contributed by atoms with Crippen molar-refractivity contribution in [2.75, 3.05) is 7.11 Å². The van der Waals surface area contributed by atoms with Crippen molar-refractivity contribution < 1.29 is 9.30 Å². The van der Waals surface area contributed by atoms with E-state index in [-0.39, 0.29) is 0 Å². The van der Waals surface area contributed by atoms with Gasteiger partial charge in [-0.25, -0.2) is 4.57 Å². The second-order valence-electron chi connectivity index (χ2n) is 4.02. The minimum absolute atomic E-state index is 0.522. The molecule has 2 aromatic rings. The van der Waals surface area contributed by atoms with E-state index in [0.717, 1.165) is 5.56 Å². The minimum atomic E-state index is 0.522. The maximum absolute atomic E-state index is 9.04. The zero-order valence-electron chi connectivity index (χ0n) is 10.5. The predicted molar refractivity (Wildman–Crippen MR) is 68.2 cm³/mol. The van der Waals surface area contributed by atoms with E-state index < -0.39 is 0 Å². The Balaban J connectivity index is 2.24. The van der Waals surface area contributed by atoms with E-state index in [2.05, 4.69) is 12.1 Å². The monoisotopic (exact) mass is 250 g/mol. The van der Waals surface area contributed by atoms with Crippen molar-refractivity contribution in [1.29, 1.82) is 10.5 Å². The van der Waals surface area contributed by atoms with Crippen LogP contribution in [0.2, 0.25) is 0 Å². The Hall–Kier alpha value is -2.85. The summed E-state index contributed by atoms with van der Waals surface area (Å²) in [5, 5.41) is 17.8. The van der Waals surface area contributed by atoms with Gasteiger partial charge >= 0.3 is 0 Å². The number of aromatic nitrogens is 1. The topological polar surface area (TPSA) is 60.7 Å². The molecule has 0 bridgehead atoms. The van der Waals surface area contributed by atoms with E-state index in [0.29, 0.717) is 23.4 Å². The lowest BCUT2D eigenvalue weighted by molar-refractivity contribution is -0.688. The average Bonchev–Trinajstić information content (AvgIpc) is 2.48. The van der Waals surface area contributed by atoms with Gasteiger partial charge in [-0.05, 0) is 18.2 Å². The summed E-state index contributed by atoms with van der Waals surface area (Å²) in [6.07, 6.45) is 3.68. The molecule has 0 unspecified atom stereocenters. The fourth-order valence-corrected chi connectivity index (χ4v) is 1.79. The summed E-state index contributed by atoms with van der Waals surface area (Å²) in [5.41, 5.74) is 2.16. The molecule has 0 aliphatic carbocycles. The van der Waals surface area contributed by atoms with Crippen molar-refractivity contribution in [3.8, 4) is 17.9 Å². The summed E-state index contributed by atoms with van der Waals surface area (Å²) in [5.74, 6) is 0.580. The molecule has 1 aromatic heterocycles. The van der Waals surface area contributed by atoms with Gasteiger partial charge in [0, 0.05) is 17.7 Å². The first-order valence-corrected chi connectivity index (χ1v) is 5.73. The minimum Gasteiger partial charge on any atom is -0.495 e. The van der Waals surface area contributed by atoms with Crippen LogP contribution < -0.4 is 9.30 Å². The molecule has 0 aliphatic rings. The third-order valence-corrected chi connectivity index (χ3v) is 2.77. The number of hydrogen-bond acceptors (Lipinski definition) is 3. The number of methoxy groups -OCH3 is 1. The molecule has 0 saturated carbocycles. The smallest absolute Gasteiger partial charge is 0.173 e. The van der Waals surface area contributed by atoms with Crippen molar-refractivity contribution in [3.05, 3.63) is 59.4 Å². The molecule has 0 N–H and O–H groups in total. The van der Waals surface area contributed by atoms with Gasteiger partial charge in [-0.1, -0.05) is 0 Å². The zero-order valence-corrected chi connectivity index (χ0v) is 10.5. The molecule has 4 heteroatoms. The fourth-order valence-electron chi connectivity index (χ4n) is 1.79. The Labute approximate surface area is 111 Å². The van der Waals surface area contributed by atoms with Crippen molar-refractivity contribution in [2.45, 2.75) is 6.54 Å². The highest BCUT2D eigenvalue weighted by Crippen LogP contribution is 2.18. The Bertz CT molecular complexity index is 663. The van der Waals surface area contributed by atoms with E-state index in [1.54, 1.807) is 25.3 Å². The van der Waals surface area contributed by atoms with Gasteiger partial charge in [-0.2, -0.15) is 10.5 Å². The number of nitriles is 2. The summed E-state index contributed by atoms with van der Waals surface area (Å²) in [6, 6.07) is 13.2. The number of nitrogens with zero attached hydrogens (tertiary/aromatic N) is 3. The number of hydrogen-bond donors (Lipinski definition) is 0. The molecule has 1 aromatic carbocycles. The van der Waals surface area contributed by atoms with E-state index in [1.807, 2.05) is 29.1 Å². The first-order chi connectivity index (χ1) is 9.26. The van der Waals surface area contributed by atoms with Crippen LogP contribution in [0.15, 0.2) is 42.7 Å². The van der Waals surface area contributed by atoms with Crippen LogP contribution >= 0.6 is 0 Å². The van der Waals surface area contributed by atoms with Gasteiger partial charge in [0.2, 0.25) is 0 Å². The second-order valence-corrected chi connectivity index (χ2v) is 4.02. The van der Waals surface area contributed by atoms with Crippen LogP contribution in [0, 0.1) is 22.7 Å². The zero-order chi connectivity index (χ0) is 13.7. The SMILES string of the molecule is COc1ccc(C[n+]2ccc(C#N)cc2)cc1C#N. The first kappa shape index (κ1) is 12.6. The van der Waals surface area contributed by atoms with Crippen LogP contribution in [0.25, 0.3) is 0 Å². The molecule has 0 amide bonds. The second kappa shape index (κ2) is 5.66. The van der Waals surface area contributed by atoms with Crippen molar-refractivity contribution in [1.82, 2.24) is 0 Å². The highest BCUT2D eigenvalue weighted by Gasteiger charge is 2.07. The van der Waals surface area contributed by atoms with E-state index >= 15 is 0 Å². The molecule has 1 heterocycles. The number of pyridine rings is 1. The lowest BCUT2D eigenvalue weighted by Crippen LogP contribution is -2.33. The van der Waals surface area contributed by atoms with Crippen LogP contribution in [-0.2, 0) is 6.54 Å². The van der Waals surface area contributed by atoms with Gasteiger partial charge in [-0.15, -0.1) is 0 Å². The molecule has 0 radical (unpaired) electrons. The fraction of sp³-hybridized carbons (Fsp3) is 0.133. The van der Waals surface area contributed by atoms with E-state index in [9.17, 15) is 0 Å². The summed E-state index contributed by atoms with van der Waals surface area (Å²) >= 11 is 0. The van der Waals surface area contributed by atoms with Gasteiger partial charge in [0.25, 0.3) is 0 Å². The molecule has 0 spiro atoms. The summed E-state index contributed by atoms with van der Waals surface area (Å²) in [6.45, 7) is 0.643. The third kappa shape index (κ3) is 2.88. The molecular weight excluding hydrogens is 238 g/mol. The Morgan fingerprint density at radius 3 is 2.42 bits per heavy atom. The Kier molecular flexibility index (Phi) is 3.75. The molecule has 4 nitrogen and oxygen atoms in total. The number of rotatable bonds is 3. The van der Waals surface area contributed by atoms with Gasteiger partial charge in [-0.3, -0.25) is 0 Å². The normalized spacial score (nSPS) is 9.42. The van der Waals surface area contributed by atoms with Crippen LogP contribution in [0.1, 0.15) is 16.7 Å². The number of ether oxygens (including phenoxy) is 1. The summed E-state index contributed by atoms with van der Waals surface area (Å²) in [4.78, 5) is 0. The molecule has 2 rings (SSSR count). The molecule has 19 heavy (non-hydrogen) atoms. The van der Waals surface area contributed by atoms with Crippen LogP contribution in [0.5, 0.6) is 5.75 Å². The standard InChI is InChI=1S/C15H12N3O/c1-19-15-3-2-13(8-14(15)10-17)11-18-6-4-12(9-16)5-7-18/h2-8H,11H2,1H3/q+1. The first-order valence-electron chi connectivity index (χ1n) is 5.73. The highest BCUT2D eigenvalue weighted by atomic mass is 16.5. The average molecular weight is 250 g/mol. The van der Waals surface area contributed by atoms with E-state index in [1.165, 1.54) is 0 Å². The van der Waals surface area contributed by atoms with Crippen molar-refractivity contribution >= 4 is 0 Å². The summed E-state index contributed by atoms with van der Waals surface area (Å²) < 4.78 is 7.05. The van der Waals surface area contributed by atoms with Crippen LogP contribution in [0.3, 0.4) is 0 Å². The Morgan fingerprint density at radius 2 is 1.84 bits per heavy atom. The predicted octanol–water partition coefficient (Wildman–Crippen LogP) is 1.77. The van der Waals surface area contributed by atoms with Crippen LogP contribution in [0.4, 0.5) is 0 Å². The maximum Gasteiger partial charge on any atom is 0.173 e. The quantitative estimate of drug-likeness (QED) is 0.780. The van der Waals surface area contributed by atoms with Crippen LogP contribution in [-0.4, -0.2) is 7.11 Å². The lowest BCUT2D eigenvalue weighted by Gasteiger charge is -2.04. The molecule has 92 valence electrons. The van der Waals surface area contributed by atoms with Crippen molar-refractivity contribution in [3.63, 3.8) is 0 Å². The third-order valence-electron chi connectivity index (χ3n) is 2.77. The molecule has 0 fully saturated rings. The molecule has 0 saturated heterocycles. The van der Waals surface area contributed by atoms with E-state index in [4.69, 9.17) is 15.3 Å². The van der Waals surface area contributed by atoms with Crippen molar-refractivity contribution in [2.24, 2.45) is 0 Å². The van der Waals surface area contributed by atoms with Gasteiger partial charge in [0.15, 0.2) is 18.9 Å². The number of benzene rings is 1.